The number of aryl methyl sites for hydroxylation is 2. The summed E-state index contributed by atoms with van der Waals surface area (Å²) in [6.07, 6.45) is 4.67. The second kappa shape index (κ2) is 5.15. The smallest absolute Gasteiger partial charge is 0.111 e. The maximum absolute atomic E-state index is 10.3. The molecule has 0 aliphatic carbocycles. The van der Waals surface area contributed by atoms with Gasteiger partial charge in [0, 0.05) is 25.9 Å². The SMILES string of the molecule is CCc1ccccc1C(O)Cc1nccn1C. The fourth-order valence-corrected chi connectivity index (χ4v) is 2.06. The largest absolute Gasteiger partial charge is 0.388 e. The lowest BCUT2D eigenvalue weighted by atomic mass is 9.98. The van der Waals surface area contributed by atoms with Gasteiger partial charge in [-0.2, -0.15) is 0 Å². The molecular weight excluding hydrogens is 212 g/mol. The van der Waals surface area contributed by atoms with Crippen molar-refractivity contribution in [2.24, 2.45) is 7.05 Å². The molecule has 0 spiro atoms. The van der Waals surface area contributed by atoms with Gasteiger partial charge in [0.05, 0.1) is 6.10 Å². The molecule has 90 valence electrons. The highest BCUT2D eigenvalue weighted by Gasteiger charge is 2.13. The third kappa shape index (κ3) is 2.56. The van der Waals surface area contributed by atoms with Crippen LogP contribution in [0.3, 0.4) is 0 Å². The molecule has 1 unspecified atom stereocenters. The molecule has 1 heterocycles. The normalized spacial score (nSPS) is 12.6. The quantitative estimate of drug-likeness (QED) is 0.875. The lowest BCUT2D eigenvalue weighted by Gasteiger charge is -2.14. The summed E-state index contributed by atoms with van der Waals surface area (Å²) >= 11 is 0. The van der Waals surface area contributed by atoms with Gasteiger partial charge in [0.2, 0.25) is 0 Å². The number of rotatable bonds is 4. The zero-order valence-corrected chi connectivity index (χ0v) is 10.3. The Morgan fingerprint density at radius 3 is 2.76 bits per heavy atom. The predicted molar refractivity (Wildman–Crippen MR) is 67.7 cm³/mol. The predicted octanol–water partition coefficient (Wildman–Crippen LogP) is 2.26. The van der Waals surface area contributed by atoms with Crippen molar-refractivity contribution in [1.82, 2.24) is 9.55 Å². The van der Waals surface area contributed by atoms with Crippen LogP contribution in [0.15, 0.2) is 36.7 Å². The average molecular weight is 230 g/mol. The minimum absolute atomic E-state index is 0.479. The first-order valence-electron chi connectivity index (χ1n) is 5.94. The van der Waals surface area contributed by atoms with E-state index in [0.717, 1.165) is 17.8 Å². The molecule has 2 aromatic rings. The zero-order valence-electron chi connectivity index (χ0n) is 10.3. The van der Waals surface area contributed by atoms with Crippen molar-refractivity contribution in [3.63, 3.8) is 0 Å². The number of nitrogens with zero attached hydrogens (tertiary/aromatic N) is 2. The summed E-state index contributed by atoms with van der Waals surface area (Å²) in [7, 11) is 1.95. The fraction of sp³-hybridized carbons (Fsp3) is 0.357. The lowest BCUT2D eigenvalue weighted by Crippen LogP contribution is -2.08. The van der Waals surface area contributed by atoms with Crippen LogP contribution >= 0.6 is 0 Å². The number of aromatic nitrogens is 2. The topological polar surface area (TPSA) is 38.1 Å². The molecule has 3 nitrogen and oxygen atoms in total. The second-order valence-corrected chi connectivity index (χ2v) is 4.23. The average Bonchev–Trinajstić information content (AvgIpc) is 2.75. The number of aliphatic hydroxyl groups excluding tert-OH is 1. The van der Waals surface area contributed by atoms with Crippen LogP contribution in [0.4, 0.5) is 0 Å². The Morgan fingerprint density at radius 1 is 1.35 bits per heavy atom. The van der Waals surface area contributed by atoms with Crippen LogP contribution in [-0.2, 0) is 19.9 Å². The minimum Gasteiger partial charge on any atom is -0.388 e. The molecule has 0 fully saturated rings. The molecule has 1 atom stereocenters. The first kappa shape index (κ1) is 11.9. The van der Waals surface area contributed by atoms with Crippen LogP contribution in [0.2, 0.25) is 0 Å². The van der Waals surface area contributed by atoms with Gasteiger partial charge in [-0.15, -0.1) is 0 Å². The van der Waals surface area contributed by atoms with Gasteiger partial charge < -0.3 is 9.67 Å². The van der Waals surface area contributed by atoms with E-state index in [1.807, 2.05) is 36.0 Å². The number of hydrogen-bond donors (Lipinski definition) is 1. The third-order valence-electron chi connectivity index (χ3n) is 3.09. The first-order valence-corrected chi connectivity index (χ1v) is 5.94. The van der Waals surface area contributed by atoms with Crippen LogP contribution in [0, 0.1) is 0 Å². The maximum Gasteiger partial charge on any atom is 0.111 e. The Labute approximate surface area is 102 Å². The Morgan fingerprint density at radius 2 is 2.12 bits per heavy atom. The lowest BCUT2D eigenvalue weighted by molar-refractivity contribution is 0.174. The highest BCUT2D eigenvalue weighted by atomic mass is 16.3. The van der Waals surface area contributed by atoms with Gasteiger partial charge in [-0.1, -0.05) is 31.2 Å². The van der Waals surface area contributed by atoms with Crippen LogP contribution in [-0.4, -0.2) is 14.7 Å². The summed E-state index contributed by atoms with van der Waals surface area (Å²) in [6, 6.07) is 8.04. The molecule has 2 rings (SSSR count). The van der Waals surface area contributed by atoms with Gasteiger partial charge in [-0.25, -0.2) is 4.98 Å². The van der Waals surface area contributed by atoms with E-state index in [0.29, 0.717) is 6.42 Å². The standard InChI is InChI=1S/C14H18N2O/c1-3-11-6-4-5-7-12(11)13(17)10-14-15-8-9-16(14)2/h4-9,13,17H,3,10H2,1-2H3. The molecule has 0 amide bonds. The van der Waals surface area contributed by atoms with Gasteiger partial charge in [0.25, 0.3) is 0 Å². The molecular formula is C14H18N2O. The number of benzene rings is 1. The molecule has 1 aromatic carbocycles. The minimum atomic E-state index is -0.479. The van der Waals surface area contributed by atoms with Crippen molar-refractivity contribution >= 4 is 0 Å². The third-order valence-corrected chi connectivity index (χ3v) is 3.09. The number of imidazole rings is 1. The molecule has 3 heteroatoms. The van der Waals surface area contributed by atoms with Gasteiger partial charge >= 0.3 is 0 Å². The first-order chi connectivity index (χ1) is 8.22. The maximum atomic E-state index is 10.3. The molecule has 0 aliphatic heterocycles. The molecule has 1 aromatic heterocycles. The Balaban J connectivity index is 2.20. The number of aliphatic hydroxyl groups is 1. The van der Waals surface area contributed by atoms with E-state index in [1.54, 1.807) is 6.20 Å². The van der Waals surface area contributed by atoms with Gasteiger partial charge in [0.15, 0.2) is 0 Å². The van der Waals surface area contributed by atoms with Gasteiger partial charge in [-0.3, -0.25) is 0 Å². The van der Waals surface area contributed by atoms with Crippen molar-refractivity contribution in [3.8, 4) is 0 Å². The molecule has 0 saturated heterocycles. The highest BCUT2D eigenvalue weighted by Crippen LogP contribution is 2.21. The van der Waals surface area contributed by atoms with Gasteiger partial charge in [0.1, 0.15) is 5.82 Å². The van der Waals surface area contributed by atoms with Crippen LogP contribution in [0.5, 0.6) is 0 Å². The van der Waals surface area contributed by atoms with Crippen molar-refractivity contribution in [3.05, 3.63) is 53.6 Å². The molecule has 17 heavy (non-hydrogen) atoms. The van der Waals surface area contributed by atoms with Crippen molar-refractivity contribution in [2.45, 2.75) is 25.9 Å². The van der Waals surface area contributed by atoms with E-state index >= 15 is 0 Å². The molecule has 0 bridgehead atoms. The Bertz CT molecular complexity index is 490. The molecule has 0 radical (unpaired) electrons. The van der Waals surface area contributed by atoms with Gasteiger partial charge in [-0.05, 0) is 17.5 Å². The summed E-state index contributed by atoms with van der Waals surface area (Å²) in [5.41, 5.74) is 2.22. The van der Waals surface area contributed by atoms with E-state index in [1.165, 1.54) is 5.56 Å². The summed E-state index contributed by atoms with van der Waals surface area (Å²) in [5.74, 6) is 0.906. The summed E-state index contributed by atoms with van der Waals surface area (Å²) in [6.45, 7) is 2.10. The van der Waals surface area contributed by atoms with Crippen LogP contribution < -0.4 is 0 Å². The molecule has 0 aliphatic rings. The van der Waals surface area contributed by atoms with E-state index in [9.17, 15) is 5.11 Å². The fourth-order valence-electron chi connectivity index (χ4n) is 2.06. The number of hydrogen-bond acceptors (Lipinski definition) is 2. The van der Waals surface area contributed by atoms with E-state index in [4.69, 9.17) is 0 Å². The van der Waals surface area contributed by atoms with E-state index < -0.39 is 6.10 Å². The van der Waals surface area contributed by atoms with Crippen LogP contribution in [0.1, 0.15) is 30.0 Å². The van der Waals surface area contributed by atoms with E-state index in [-0.39, 0.29) is 0 Å². The van der Waals surface area contributed by atoms with Crippen molar-refractivity contribution in [2.75, 3.05) is 0 Å². The molecule has 0 saturated carbocycles. The summed E-state index contributed by atoms with van der Waals surface area (Å²) < 4.78 is 1.94. The Kier molecular flexibility index (Phi) is 3.59. The zero-order chi connectivity index (χ0) is 12.3. The highest BCUT2D eigenvalue weighted by molar-refractivity contribution is 5.29. The Hall–Kier alpha value is -1.61. The van der Waals surface area contributed by atoms with Crippen molar-refractivity contribution in [1.29, 1.82) is 0 Å². The second-order valence-electron chi connectivity index (χ2n) is 4.23. The summed E-state index contributed by atoms with van der Waals surface area (Å²) in [5, 5.41) is 10.3. The molecule has 1 N–H and O–H groups in total. The van der Waals surface area contributed by atoms with E-state index in [2.05, 4.69) is 18.0 Å². The monoisotopic (exact) mass is 230 g/mol. The van der Waals surface area contributed by atoms with Crippen molar-refractivity contribution < 1.29 is 5.11 Å². The van der Waals surface area contributed by atoms with Crippen LogP contribution in [0.25, 0.3) is 0 Å². The summed E-state index contributed by atoms with van der Waals surface area (Å²) in [4.78, 5) is 4.24.